The lowest BCUT2D eigenvalue weighted by Gasteiger charge is -2.16. The molecule has 0 saturated heterocycles. The van der Waals surface area contributed by atoms with Gasteiger partial charge in [0.25, 0.3) is 5.91 Å². The molecule has 0 radical (unpaired) electrons. The van der Waals surface area contributed by atoms with Crippen LogP contribution in [0.3, 0.4) is 0 Å². The maximum Gasteiger partial charge on any atom is 0.251 e. The van der Waals surface area contributed by atoms with E-state index in [0.29, 0.717) is 17.0 Å². The highest BCUT2D eigenvalue weighted by atomic mass is 35.5. The van der Waals surface area contributed by atoms with Crippen LogP contribution in [0.2, 0.25) is 0 Å². The zero-order valence-electron chi connectivity index (χ0n) is 10.1. The summed E-state index contributed by atoms with van der Waals surface area (Å²) in [6, 6.07) is 4.24. The van der Waals surface area contributed by atoms with Crippen LogP contribution in [0.4, 0.5) is 4.39 Å². The standard InChI is InChI=1S/C13H17ClFNO/c1-3-11(6-7-14)16-13(17)12-5-4-10(15)8-9(12)2/h4-5,8,11H,3,6-7H2,1-2H3,(H,16,17). The van der Waals surface area contributed by atoms with Crippen LogP contribution in [-0.4, -0.2) is 17.8 Å². The highest BCUT2D eigenvalue weighted by molar-refractivity contribution is 6.17. The van der Waals surface area contributed by atoms with Gasteiger partial charge in [-0.25, -0.2) is 4.39 Å². The van der Waals surface area contributed by atoms with Gasteiger partial charge >= 0.3 is 0 Å². The van der Waals surface area contributed by atoms with Crippen LogP contribution in [0.15, 0.2) is 18.2 Å². The van der Waals surface area contributed by atoms with E-state index >= 15 is 0 Å². The minimum atomic E-state index is -0.327. The molecule has 0 aliphatic heterocycles. The van der Waals surface area contributed by atoms with Gasteiger partial charge in [-0.1, -0.05) is 6.92 Å². The van der Waals surface area contributed by atoms with Crippen LogP contribution >= 0.6 is 11.6 Å². The van der Waals surface area contributed by atoms with Crippen molar-refractivity contribution in [2.24, 2.45) is 0 Å². The van der Waals surface area contributed by atoms with Crippen molar-refractivity contribution >= 4 is 17.5 Å². The van der Waals surface area contributed by atoms with Crippen LogP contribution in [0.25, 0.3) is 0 Å². The number of hydrogen-bond acceptors (Lipinski definition) is 1. The lowest BCUT2D eigenvalue weighted by Crippen LogP contribution is -2.35. The molecule has 0 bridgehead atoms. The van der Waals surface area contributed by atoms with E-state index in [1.807, 2.05) is 6.92 Å². The van der Waals surface area contributed by atoms with Crippen LogP contribution in [0.5, 0.6) is 0 Å². The van der Waals surface area contributed by atoms with Crippen molar-refractivity contribution in [1.29, 1.82) is 0 Å². The average Bonchev–Trinajstić information content (AvgIpc) is 2.28. The molecule has 0 saturated carbocycles. The molecule has 1 atom stereocenters. The van der Waals surface area contributed by atoms with Crippen molar-refractivity contribution < 1.29 is 9.18 Å². The summed E-state index contributed by atoms with van der Waals surface area (Å²) in [5.74, 6) is 0.0209. The quantitative estimate of drug-likeness (QED) is 0.806. The van der Waals surface area contributed by atoms with E-state index in [9.17, 15) is 9.18 Å². The number of alkyl halides is 1. The molecule has 0 spiro atoms. The lowest BCUT2D eigenvalue weighted by molar-refractivity contribution is 0.0934. The summed E-state index contributed by atoms with van der Waals surface area (Å²) in [6.07, 6.45) is 1.57. The maximum absolute atomic E-state index is 12.9. The van der Waals surface area contributed by atoms with Gasteiger partial charge in [-0.3, -0.25) is 4.79 Å². The van der Waals surface area contributed by atoms with Gasteiger partial charge in [0, 0.05) is 17.5 Å². The Morgan fingerprint density at radius 2 is 2.24 bits per heavy atom. The van der Waals surface area contributed by atoms with Gasteiger partial charge in [-0.05, 0) is 43.5 Å². The number of rotatable bonds is 5. The Hall–Kier alpha value is -1.09. The SMILES string of the molecule is CCC(CCCl)NC(=O)c1ccc(F)cc1C. The molecule has 94 valence electrons. The lowest BCUT2D eigenvalue weighted by atomic mass is 10.1. The van der Waals surface area contributed by atoms with Gasteiger partial charge in [-0.15, -0.1) is 11.6 Å². The number of benzene rings is 1. The van der Waals surface area contributed by atoms with Gasteiger partial charge in [-0.2, -0.15) is 0 Å². The normalized spacial score (nSPS) is 12.2. The van der Waals surface area contributed by atoms with Crippen molar-refractivity contribution in [2.75, 3.05) is 5.88 Å². The van der Waals surface area contributed by atoms with E-state index in [-0.39, 0.29) is 17.8 Å². The van der Waals surface area contributed by atoms with Gasteiger partial charge in [0.05, 0.1) is 0 Å². The molecule has 17 heavy (non-hydrogen) atoms. The third-order valence-corrected chi connectivity index (χ3v) is 2.94. The Kier molecular flexibility index (Phi) is 5.42. The highest BCUT2D eigenvalue weighted by Crippen LogP contribution is 2.11. The zero-order valence-corrected chi connectivity index (χ0v) is 10.9. The molecule has 0 aliphatic rings. The number of hydrogen-bond donors (Lipinski definition) is 1. The Labute approximate surface area is 106 Å². The molecule has 1 amide bonds. The molecule has 1 unspecified atom stereocenters. The Bertz CT molecular complexity index is 395. The molecule has 1 N–H and O–H groups in total. The molecule has 1 aromatic rings. The van der Waals surface area contributed by atoms with Crippen molar-refractivity contribution in [3.05, 3.63) is 35.1 Å². The Balaban J connectivity index is 2.75. The highest BCUT2D eigenvalue weighted by Gasteiger charge is 2.13. The molecular formula is C13H17ClFNO. The number of amides is 1. The molecule has 0 heterocycles. The summed E-state index contributed by atoms with van der Waals surface area (Å²) in [6.45, 7) is 3.72. The van der Waals surface area contributed by atoms with Gasteiger partial charge in [0.1, 0.15) is 5.82 Å². The molecule has 1 aromatic carbocycles. The van der Waals surface area contributed by atoms with Crippen molar-refractivity contribution in [3.8, 4) is 0 Å². The van der Waals surface area contributed by atoms with E-state index in [2.05, 4.69) is 5.32 Å². The van der Waals surface area contributed by atoms with Crippen LogP contribution in [-0.2, 0) is 0 Å². The van der Waals surface area contributed by atoms with Crippen molar-refractivity contribution in [3.63, 3.8) is 0 Å². The van der Waals surface area contributed by atoms with E-state index in [0.717, 1.165) is 12.8 Å². The zero-order chi connectivity index (χ0) is 12.8. The smallest absolute Gasteiger partial charge is 0.251 e. The number of carbonyl (C=O) groups excluding carboxylic acids is 1. The minimum absolute atomic E-state index is 0.0736. The van der Waals surface area contributed by atoms with E-state index in [1.165, 1.54) is 18.2 Å². The monoisotopic (exact) mass is 257 g/mol. The third kappa shape index (κ3) is 4.00. The largest absolute Gasteiger partial charge is 0.349 e. The predicted octanol–water partition coefficient (Wildman–Crippen LogP) is 3.27. The Morgan fingerprint density at radius 3 is 2.76 bits per heavy atom. The molecule has 1 rings (SSSR count). The summed E-state index contributed by atoms with van der Waals surface area (Å²) >= 11 is 5.66. The van der Waals surface area contributed by atoms with Gasteiger partial charge in [0.2, 0.25) is 0 Å². The fraction of sp³-hybridized carbons (Fsp3) is 0.462. The number of nitrogens with one attached hydrogen (secondary N) is 1. The second-order valence-electron chi connectivity index (χ2n) is 4.02. The second-order valence-corrected chi connectivity index (χ2v) is 4.39. The number of halogens is 2. The number of aryl methyl sites for hydroxylation is 1. The van der Waals surface area contributed by atoms with Crippen molar-refractivity contribution in [1.82, 2.24) is 5.32 Å². The molecule has 4 heteroatoms. The summed E-state index contributed by atoms with van der Waals surface area (Å²) in [5, 5.41) is 2.90. The summed E-state index contributed by atoms with van der Waals surface area (Å²) < 4.78 is 12.9. The second kappa shape index (κ2) is 6.60. The van der Waals surface area contributed by atoms with E-state index in [4.69, 9.17) is 11.6 Å². The maximum atomic E-state index is 12.9. The van der Waals surface area contributed by atoms with Gasteiger partial charge < -0.3 is 5.32 Å². The summed E-state index contributed by atoms with van der Waals surface area (Å²) in [4.78, 5) is 11.9. The average molecular weight is 258 g/mol. The fourth-order valence-electron chi connectivity index (χ4n) is 1.66. The van der Waals surface area contributed by atoms with Crippen LogP contribution in [0, 0.1) is 12.7 Å². The predicted molar refractivity (Wildman–Crippen MR) is 68.0 cm³/mol. The first-order chi connectivity index (χ1) is 8.08. The van der Waals surface area contributed by atoms with E-state index < -0.39 is 0 Å². The minimum Gasteiger partial charge on any atom is -0.349 e. The van der Waals surface area contributed by atoms with Gasteiger partial charge in [0.15, 0.2) is 0 Å². The first kappa shape index (κ1) is 14.0. The van der Waals surface area contributed by atoms with E-state index in [1.54, 1.807) is 6.92 Å². The first-order valence-corrected chi connectivity index (χ1v) is 6.25. The third-order valence-electron chi connectivity index (χ3n) is 2.72. The van der Waals surface area contributed by atoms with Crippen LogP contribution < -0.4 is 5.32 Å². The molecule has 0 fully saturated rings. The topological polar surface area (TPSA) is 29.1 Å². The fourth-order valence-corrected chi connectivity index (χ4v) is 1.92. The van der Waals surface area contributed by atoms with Crippen LogP contribution in [0.1, 0.15) is 35.7 Å². The Morgan fingerprint density at radius 1 is 1.53 bits per heavy atom. The first-order valence-electron chi connectivity index (χ1n) is 5.71. The molecular weight excluding hydrogens is 241 g/mol. The number of carbonyl (C=O) groups is 1. The summed E-state index contributed by atoms with van der Waals surface area (Å²) in [5.41, 5.74) is 1.16. The molecule has 0 aliphatic carbocycles. The summed E-state index contributed by atoms with van der Waals surface area (Å²) in [7, 11) is 0. The molecule has 0 aromatic heterocycles. The molecule has 2 nitrogen and oxygen atoms in total. The van der Waals surface area contributed by atoms with Crippen molar-refractivity contribution in [2.45, 2.75) is 32.7 Å².